The number of carbonyl (C=O) groups is 2. The number of hydrogen-bond donors (Lipinski definition) is 0. The minimum atomic E-state index is -0.226. The fraction of sp³-hybridized carbons (Fsp3) is 0.733. The highest BCUT2D eigenvalue weighted by molar-refractivity contribution is 6.02. The summed E-state index contributed by atoms with van der Waals surface area (Å²) in [7, 11) is 0. The van der Waals surface area contributed by atoms with E-state index in [0.29, 0.717) is 12.2 Å². The van der Waals surface area contributed by atoms with Gasteiger partial charge in [0.25, 0.3) is 0 Å². The number of ketones is 2. The molecule has 0 aromatic rings. The molecule has 0 aromatic carbocycles. The normalized spacial score (nSPS) is 35.1. The van der Waals surface area contributed by atoms with Gasteiger partial charge in [0.15, 0.2) is 5.78 Å². The Bertz CT molecular complexity index is 415. The maximum atomic E-state index is 12.2. The summed E-state index contributed by atoms with van der Waals surface area (Å²) in [6.07, 6.45) is 3.46. The van der Waals surface area contributed by atoms with Crippen LogP contribution in [0.1, 0.15) is 47.5 Å². The molecule has 2 nitrogen and oxygen atoms in total. The molecule has 0 aliphatic heterocycles. The third kappa shape index (κ3) is 1.78. The number of allylic oxidation sites excluding steroid dienone is 2. The van der Waals surface area contributed by atoms with Crippen molar-refractivity contribution < 1.29 is 9.59 Å². The van der Waals surface area contributed by atoms with Gasteiger partial charge in [0, 0.05) is 23.7 Å². The molecule has 0 heterocycles. The molecular formula is C15H22O2. The van der Waals surface area contributed by atoms with Crippen molar-refractivity contribution in [2.45, 2.75) is 47.5 Å². The summed E-state index contributed by atoms with van der Waals surface area (Å²) < 4.78 is 0. The lowest BCUT2D eigenvalue weighted by molar-refractivity contribution is -0.134. The molecule has 0 amide bonds. The Morgan fingerprint density at radius 1 is 1.35 bits per heavy atom. The van der Waals surface area contributed by atoms with E-state index >= 15 is 0 Å². The van der Waals surface area contributed by atoms with Crippen molar-refractivity contribution in [3.05, 3.63) is 11.6 Å². The Kier molecular flexibility index (Phi) is 2.61. The smallest absolute Gasteiger partial charge is 0.161 e. The van der Waals surface area contributed by atoms with E-state index in [2.05, 4.69) is 20.8 Å². The maximum Gasteiger partial charge on any atom is 0.161 e. The number of rotatable bonds is 2. The Hall–Kier alpha value is -0.920. The standard InChI is InChI=1S/C15H22O2/c1-9(2)13(17)11-6-10-12(16)7-15(11,5)8-14(10,3)4/h6,9-10H,7-8H2,1-5H3/t10-,15+/m1/s1. The first-order chi connectivity index (χ1) is 7.67. The van der Waals surface area contributed by atoms with Gasteiger partial charge in [-0.15, -0.1) is 0 Å². The van der Waals surface area contributed by atoms with E-state index < -0.39 is 0 Å². The summed E-state index contributed by atoms with van der Waals surface area (Å²) in [5, 5.41) is 0. The highest BCUT2D eigenvalue weighted by atomic mass is 16.1. The van der Waals surface area contributed by atoms with Crippen LogP contribution in [0.3, 0.4) is 0 Å². The molecule has 0 saturated heterocycles. The molecule has 0 aromatic heterocycles. The highest BCUT2D eigenvalue weighted by Gasteiger charge is 2.53. The van der Waals surface area contributed by atoms with Gasteiger partial charge in [-0.25, -0.2) is 0 Å². The van der Waals surface area contributed by atoms with Crippen LogP contribution < -0.4 is 0 Å². The average Bonchev–Trinajstić information content (AvgIpc) is 2.12. The first-order valence-corrected chi connectivity index (χ1v) is 6.47. The predicted octanol–water partition coefficient (Wildman–Crippen LogP) is 3.16. The summed E-state index contributed by atoms with van der Waals surface area (Å²) in [6, 6.07) is 0. The molecule has 0 radical (unpaired) electrons. The number of carbonyl (C=O) groups excluding carboxylic acids is 2. The van der Waals surface area contributed by atoms with Crippen molar-refractivity contribution >= 4 is 11.6 Å². The van der Waals surface area contributed by atoms with Crippen LogP contribution in [0.15, 0.2) is 11.6 Å². The molecule has 2 bridgehead atoms. The van der Waals surface area contributed by atoms with E-state index in [1.165, 1.54) is 0 Å². The van der Waals surface area contributed by atoms with Gasteiger partial charge in [-0.2, -0.15) is 0 Å². The minimum absolute atomic E-state index is 0.00480. The summed E-state index contributed by atoms with van der Waals surface area (Å²) in [5.74, 6) is 0.502. The van der Waals surface area contributed by atoms with Crippen molar-refractivity contribution in [1.82, 2.24) is 0 Å². The van der Waals surface area contributed by atoms with Gasteiger partial charge in [-0.05, 0) is 17.4 Å². The molecule has 0 spiro atoms. The van der Waals surface area contributed by atoms with Gasteiger partial charge < -0.3 is 0 Å². The summed E-state index contributed by atoms with van der Waals surface area (Å²) in [4.78, 5) is 24.3. The minimum Gasteiger partial charge on any atom is -0.299 e. The Morgan fingerprint density at radius 2 is 1.94 bits per heavy atom. The molecule has 1 fully saturated rings. The zero-order valence-electron chi connectivity index (χ0n) is 11.5. The fourth-order valence-corrected chi connectivity index (χ4v) is 3.68. The number of hydrogen-bond acceptors (Lipinski definition) is 2. The van der Waals surface area contributed by atoms with Crippen LogP contribution in [0.5, 0.6) is 0 Å². The van der Waals surface area contributed by atoms with E-state index in [4.69, 9.17) is 0 Å². The zero-order valence-corrected chi connectivity index (χ0v) is 11.5. The number of fused-ring (bicyclic) bond motifs is 2. The van der Waals surface area contributed by atoms with Crippen LogP contribution in [0.4, 0.5) is 0 Å². The Morgan fingerprint density at radius 3 is 2.35 bits per heavy atom. The molecule has 2 atom stereocenters. The third-order valence-corrected chi connectivity index (χ3v) is 4.37. The van der Waals surface area contributed by atoms with Gasteiger partial charge in [0.1, 0.15) is 5.78 Å². The fourth-order valence-electron chi connectivity index (χ4n) is 3.68. The van der Waals surface area contributed by atoms with Gasteiger partial charge >= 0.3 is 0 Å². The first kappa shape index (κ1) is 12.5. The molecule has 2 heteroatoms. The largest absolute Gasteiger partial charge is 0.299 e. The maximum absolute atomic E-state index is 12.2. The molecule has 3 aliphatic carbocycles. The van der Waals surface area contributed by atoms with E-state index in [9.17, 15) is 9.59 Å². The lowest BCUT2D eigenvalue weighted by Gasteiger charge is -2.51. The molecule has 3 aliphatic rings. The van der Waals surface area contributed by atoms with Crippen molar-refractivity contribution in [3.8, 4) is 0 Å². The van der Waals surface area contributed by atoms with Gasteiger partial charge in [0.05, 0.1) is 0 Å². The van der Waals surface area contributed by atoms with Crippen molar-refractivity contribution in [3.63, 3.8) is 0 Å². The molecule has 94 valence electrons. The topological polar surface area (TPSA) is 34.1 Å². The van der Waals surface area contributed by atoms with Gasteiger partial charge in [-0.3, -0.25) is 9.59 Å². The van der Waals surface area contributed by atoms with Crippen LogP contribution >= 0.6 is 0 Å². The van der Waals surface area contributed by atoms with E-state index in [1.807, 2.05) is 19.9 Å². The third-order valence-electron chi connectivity index (χ3n) is 4.37. The average molecular weight is 234 g/mol. The van der Waals surface area contributed by atoms with Crippen molar-refractivity contribution in [1.29, 1.82) is 0 Å². The van der Waals surface area contributed by atoms with E-state index in [-0.39, 0.29) is 28.4 Å². The second-order valence-electron chi connectivity index (χ2n) is 6.95. The van der Waals surface area contributed by atoms with Gasteiger partial charge in [-0.1, -0.05) is 40.7 Å². The molecule has 17 heavy (non-hydrogen) atoms. The SMILES string of the molecule is CC(C)C(=O)C1=C[C@@H]2C(=O)C[C@@]1(C)CC2(C)C. The van der Waals surface area contributed by atoms with Crippen LogP contribution in [0.2, 0.25) is 0 Å². The Balaban J connectivity index is 2.48. The highest BCUT2D eigenvalue weighted by Crippen LogP contribution is 2.56. The summed E-state index contributed by atoms with van der Waals surface area (Å²) in [5.41, 5.74) is 0.693. The first-order valence-electron chi connectivity index (χ1n) is 6.47. The second-order valence-corrected chi connectivity index (χ2v) is 6.95. The zero-order chi connectivity index (χ0) is 13.0. The number of Topliss-reactive ketones (excluding diaryl/α,β-unsaturated/α-hetero) is 2. The predicted molar refractivity (Wildman–Crippen MR) is 67.5 cm³/mol. The quantitative estimate of drug-likeness (QED) is 0.735. The van der Waals surface area contributed by atoms with Crippen LogP contribution in [0, 0.1) is 22.7 Å². The summed E-state index contributed by atoms with van der Waals surface area (Å²) >= 11 is 0. The van der Waals surface area contributed by atoms with E-state index in [1.54, 1.807) is 0 Å². The monoisotopic (exact) mass is 234 g/mol. The lowest BCUT2D eigenvalue weighted by atomic mass is 9.51. The molecule has 0 N–H and O–H groups in total. The summed E-state index contributed by atoms with van der Waals surface area (Å²) in [6.45, 7) is 10.2. The second kappa shape index (κ2) is 3.54. The van der Waals surface area contributed by atoms with Gasteiger partial charge in [0.2, 0.25) is 0 Å². The Labute approximate surface area is 103 Å². The molecular weight excluding hydrogens is 212 g/mol. The van der Waals surface area contributed by atoms with Crippen LogP contribution in [-0.4, -0.2) is 11.6 Å². The molecule has 3 rings (SSSR count). The van der Waals surface area contributed by atoms with Crippen molar-refractivity contribution in [2.24, 2.45) is 22.7 Å². The molecule has 1 saturated carbocycles. The lowest BCUT2D eigenvalue weighted by Crippen LogP contribution is -2.50. The van der Waals surface area contributed by atoms with Crippen LogP contribution in [-0.2, 0) is 9.59 Å². The van der Waals surface area contributed by atoms with Crippen molar-refractivity contribution in [2.75, 3.05) is 0 Å². The van der Waals surface area contributed by atoms with Crippen LogP contribution in [0.25, 0.3) is 0 Å². The van der Waals surface area contributed by atoms with E-state index in [0.717, 1.165) is 12.0 Å². The molecule has 0 unspecified atom stereocenters.